The Labute approximate surface area is 131 Å². The van der Waals surface area contributed by atoms with Gasteiger partial charge in [-0.25, -0.2) is 0 Å². The summed E-state index contributed by atoms with van der Waals surface area (Å²) in [5, 5.41) is 12.8. The van der Waals surface area contributed by atoms with E-state index in [-0.39, 0.29) is 18.1 Å². The van der Waals surface area contributed by atoms with Crippen LogP contribution in [0.4, 0.5) is 0 Å². The molecule has 0 saturated heterocycles. The fourth-order valence-corrected chi connectivity index (χ4v) is 3.97. The largest absolute Gasteiger partial charge is 0.394 e. The number of hydrogen-bond donors (Lipinski definition) is 2. The molecule has 2 unspecified atom stereocenters. The Morgan fingerprint density at radius 1 is 1.43 bits per heavy atom. The normalized spacial score (nSPS) is 25.5. The molecule has 3 nitrogen and oxygen atoms in total. The third kappa shape index (κ3) is 5.04. The number of aliphatic hydroxyl groups excluding tert-OH is 1. The van der Waals surface area contributed by atoms with Crippen molar-refractivity contribution in [1.29, 1.82) is 0 Å². The van der Waals surface area contributed by atoms with Crippen LogP contribution in [0.3, 0.4) is 0 Å². The van der Waals surface area contributed by atoms with Gasteiger partial charge in [-0.3, -0.25) is 4.79 Å². The van der Waals surface area contributed by atoms with Gasteiger partial charge in [0.05, 0.1) is 12.1 Å². The molecule has 2 atom stereocenters. The van der Waals surface area contributed by atoms with E-state index in [0.717, 1.165) is 25.0 Å². The highest BCUT2D eigenvalue weighted by Crippen LogP contribution is 2.32. The summed E-state index contributed by atoms with van der Waals surface area (Å²) in [5.41, 5.74) is -0.383. The van der Waals surface area contributed by atoms with Crippen molar-refractivity contribution in [1.82, 2.24) is 5.32 Å². The van der Waals surface area contributed by atoms with E-state index in [4.69, 9.17) is 0 Å². The van der Waals surface area contributed by atoms with Crippen LogP contribution in [0.15, 0.2) is 35.2 Å². The molecule has 116 valence electrons. The van der Waals surface area contributed by atoms with Crippen molar-refractivity contribution in [3.05, 3.63) is 30.3 Å². The molecule has 0 bridgehead atoms. The van der Waals surface area contributed by atoms with Crippen molar-refractivity contribution in [2.45, 2.75) is 49.5 Å². The highest BCUT2D eigenvalue weighted by Gasteiger charge is 2.35. The Bertz CT molecular complexity index is 451. The van der Waals surface area contributed by atoms with Crippen LogP contribution in [-0.4, -0.2) is 28.9 Å². The van der Waals surface area contributed by atoms with Gasteiger partial charge >= 0.3 is 0 Å². The van der Waals surface area contributed by atoms with Crippen LogP contribution in [-0.2, 0) is 4.79 Å². The van der Waals surface area contributed by atoms with Gasteiger partial charge in [0, 0.05) is 17.1 Å². The lowest BCUT2D eigenvalue weighted by Crippen LogP contribution is -2.53. The third-order valence-corrected chi connectivity index (χ3v) is 5.15. The molecule has 1 aliphatic carbocycles. The van der Waals surface area contributed by atoms with Crippen LogP contribution >= 0.6 is 11.8 Å². The maximum atomic E-state index is 12.1. The van der Waals surface area contributed by atoms with Crippen molar-refractivity contribution < 1.29 is 9.90 Å². The van der Waals surface area contributed by atoms with Gasteiger partial charge in [0.15, 0.2) is 0 Å². The molecule has 1 saturated carbocycles. The monoisotopic (exact) mass is 307 g/mol. The summed E-state index contributed by atoms with van der Waals surface area (Å²) in [6.07, 6.45) is 4.56. The minimum Gasteiger partial charge on any atom is -0.394 e. The van der Waals surface area contributed by atoms with E-state index in [1.54, 1.807) is 11.8 Å². The lowest BCUT2D eigenvalue weighted by Gasteiger charge is -2.39. The zero-order valence-electron chi connectivity index (χ0n) is 12.7. The second kappa shape index (κ2) is 7.85. The summed E-state index contributed by atoms with van der Waals surface area (Å²) in [6.45, 7) is 2.25. The summed E-state index contributed by atoms with van der Waals surface area (Å²) in [5.74, 6) is 1.40. The molecule has 1 fully saturated rings. The van der Waals surface area contributed by atoms with E-state index in [2.05, 4.69) is 24.4 Å². The van der Waals surface area contributed by atoms with Gasteiger partial charge in [0.1, 0.15) is 0 Å². The van der Waals surface area contributed by atoms with E-state index in [9.17, 15) is 9.90 Å². The Hall–Kier alpha value is -1.00. The van der Waals surface area contributed by atoms with E-state index in [1.165, 1.54) is 11.3 Å². The highest BCUT2D eigenvalue weighted by atomic mass is 32.2. The molecule has 1 aromatic carbocycles. The number of nitrogens with one attached hydrogen (secondary N) is 1. The number of carbonyl (C=O) groups is 1. The molecule has 21 heavy (non-hydrogen) atoms. The lowest BCUT2D eigenvalue weighted by atomic mass is 9.77. The average Bonchev–Trinajstić information content (AvgIpc) is 2.48. The van der Waals surface area contributed by atoms with E-state index >= 15 is 0 Å². The first-order valence-electron chi connectivity index (χ1n) is 7.73. The molecule has 0 aromatic heterocycles. The second-order valence-electron chi connectivity index (χ2n) is 6.10. The Kier molecular flexibility index (Phi) is 6.12. The molecule has 1 amide bonds. The zero-order valence-corrected chi connectivity index (χ0v) is 13.5. The molecule has 0 spiro atoms. The van der Waals surface area contributed by atoms with Crippen molar-refractivity contribution in [2.24, 2.45) is 5.92 Å². The van der Waals surface area contributed by atoms with Gasteiger partial charge in [-0.05, 0) is 30.9 Å². The first-order chi connectivity index (χ1) is 10.1. The number of rotatable bonds is 6. The molecule has 0 aliphatic heterocycles. The Morgan fingerprint density at radius 2 is 2.19 bits per heavy atom. The molecule has 0 radical (unpaired) electrons. The van der Waals surface area contributed by atoms with Crippen LogP contribution in [0.2, 0.25) is 0 Å². The first-order valence-corrected chi connectivity index (χ1v) is 8.72. The lowest BCUT2D eigenvalue weighted by molar-refractivity contribution is -0.124. The number of aliphatic hydroxyl groups is 1. The summed E-state index contributed by atoms with van der Waals surface area (Å²) >= 11 is 1.69. The highest BCUT2D eigenvalue weighted by molar-refractivity contribution is 7.99. The van der Waals surface area contributed by atoms with Gasteiger partial charge in [0.25, 0.3) is 0 Å². The second-order valence-corrected chi connectivity index (χ2v) is 7.27. The van der Waals surface area contributed by atoms with Crippen LogP contribution < -0.4 is 5.32 Å². The summed E-state index contributed by atoms with van der Waals surface area (Å²) in [6, 6.07) is 10.1. The Morgan fingerprint density at radius 3 is 2.86 bits per heavy atom. The molecule has 2 rings (SSSR count). The minimum atomic E-state index is -0.383. The number of hydrogen-bond acceptors (Lipinski definition) is 3. The Balaban J connectivity index is 1.77. The molecular formula is C17H25NO2S. The van der Waals surface area contributed by atoms with E-state index < -0.39 is 0 Å². The average molecular weight is 307 g/mol. The summed E-state index contributed by atoms with van der Waals surface area (Å²) in [4.78, 5) is 13.3. The maximum absolute atomic E-state index is 12.1. The van der Waals surface area contributed by atoms with Gasteiger partial charge in [-0.15, -0.1) is 11.8 Å². The van der Waals surface area contributed by atoms with Crippen molar-refractivity contribution in [3.63, 3.8) is 0 Å². The molecule has 4 heteroatoms. The SMILES string of the molecule is CC1CCCC(CO)(NC(=O)CCSc2ccccc2)C1. The standard InChI is InChI=1S/C17H25NO2S/c1-14-6-5-10-17(12-14,13-19)18-16(20)9-11-21-15-7-3-2-4-8-15/h2-4,7-8,14,19H,5-6,9-13H2,1H3,(H,18,20). The van der Waals surface area contributed by atoms with Crippen LogP contribution in [0.1, 0.15) is 39.0 Å². The molecule has 0 heterocycles. The van der Waals surface area contributed by atoms with Crippen molar-refractivity contribution in [3.8, 4) is 0 Å². The van der Waals surface area contributed by atoms with Gasteiger partial charge < -0.3 is 10.4 Å². The van der Waals surface area contributed by atoms with Crippen molar-refractivity contribution >= 4 is 17.7 Å². The summed E-state index contributed by atoms with van der Waals surface area (Å²) < 4.78 is 0. The predicted octanol–water partition coefficient (Wildman–Crippen LogP) is 3.23. The smallest absolute Gasteiger partial charge is 0.221 e. The van der Waals surface area contributed by atoms with Crippen molar-refractivity contribution in [2.75, 3.05) is 12.4 Å². The first kappa shape index (κ1) is 16.4. The van der Waals surface area contributed by atoms with Crippen LogP contribution in [0.25, 0.3) is 0 Å². The predicted molar refractivity (Wildman–Crippen MR) is 87.4 cm³/mol. The fraction of sp³-hybridized carbons (Fsp3) is 0.588. The van der Waals surface area contributed by atoms with Crippen LogP contribution in [0, 0.1) is 5.92 Å². The third-order valence-electron chi connectivity index (χ3n) is 4.14. The van der Waals surface area contributed by atoms with E-state index in [0.29, 0.717) is 12.3 Å². The topological polar surface area (TPSA) is 49.3 Å². The van der Waals surface area contributed by atoms with Crippen LogP contribution in [0.5, 0.6) is 0 Å². The van der Waals surface area contributed by atoms with Gasteiger partial charge in [0.2, 0.25) is 5.91 Å². The summed E-state index contributed by atoms with van der Waals surface area (Å²) in [7, 11) is 0. The maximum Gasteiger partial charge on any atom is 0.221 e. The fourth-order valence-electron chi connectivity index (χ4n) is 3.09. The molecule has 1 aliphatic rings. The number of carbonyl (C=O) groups excluding carboxylic acids is 1. The van der Waals surface area contributed by atoms with Gasteiger partial charge in [-0.1, -0.05) is 38.0 Å². The van der Waals surface area contributed by atoms with Gasteiger partial charge in [-0.2, -0.15) is 0 Å². The minimum absolute atomic E-state index is 0.0505. The quantitative estimate of drug-likeness (QED) is 0.793. The molecule has 2 N–H and O–H groups in total. The number of benzene rings is 1. The number of thioether (sulfide) groups is 1. The molecular weight excluding hydrogens is 282 g/mol. The number of amides is 1. The zero-order chi connectivity index (χ0) is 15.1. The molecule has 1 aromatic rings. The van der Waals surface area contributed by atoms with E-state index in [1.807, 2.05) is 18.2 Å².